The van der Waals surface area contributed by atoms with Crippen molar-refractivity contribution < 1.29 is 38.1 Å². The fourth-order valence-corrected chi connectivity index (χ4v) is 8.51. The van der Waals surface area contributed by atoms with Crippen molar-refractivity contribution in [1.29, 1.82) is 0 Å². The lowest BCUT2D eigenvalue weighted by Crippen LogP contribution is -2.34. The van der Waals surface area contributed by atoms with Crippen LogP contribution in [0.5, 0.6) is 0 Å². The number of likely N-dealkylation sites (N-methyl/N-ethyl adjacent to an activating group) is 1. The molecule has 9 heteroatoms. The SMILES string of the molecule is CCCCCCCCC(CCCCCC)C(=O)OCCCCCCCCC(=O)OCC(CN(C)C)OC(=O)CCCCCCCCOC(=O)[C@@H](CCCCCC)CCCCCCCC. The van der Waals surface area contributed by atoms with Crippen molar-refractivity contribution in [2.24, 2.45) is 11.8 Å². The number of hydrogen-bond donors (Lipinski definition) is 0. The van der Waals surface area contributed by atoms with E-state index in [4.69, 9.17) is 18.9 Å². The van der Waals surface area contributed by atoms with E-state index in [1.807, 2.05) is 19.0 Å². The van der Waals surface area contributed by atoms with Crippen molar-refractivity contribution in [1.82, 2.24) is 4.90 Å². The first-order chi connectivity index (χ1) is 31.2. The van der Waals surface area contributed by atoms with Gasteiger partial charge in [-0.2, -0.15) is 0 Å². The van der Waals surface area contributed by atoms with Gasteiger partial charge in [0.05, 0.1) is 25.0 Å². The molecular weight excluding hydrogens is 803 g/mol. The van der Waals surface area contributed by atoms with Crippen LogP contribution in [0.4, 0.5) is 0 Å². The molecule has 0 aromatic rings. The monoisotopic (exact) mass is 908 g/mol. The molecule has 0 spiro atoms. The van der Waals surface area contributed by atoms with E-state index in [9.17, 15) is 19.2 Å². The van der Waals surface area contributed by atoms with E-state index < -0.39 is 6.10 Å². The lowest BCUT2D eigenvalue weighted by atomic mass is 9.94. The van der Waals surface area contributed by atoms with Crippen LogP contribution in [0.15, 0.2) is 0 Å². The van der Waals surface area contributed by atoms with Gasteiger partial charge < -0.3 is 23.8 Å². The van der Waals surface area contributed by atoms with Crippen LogP contribution in [0.2, 0.25) is 0 Å². The van der Waals surface area contributed by atoms with Gasteiger partial charge >= 0.3 is 23.9 Å². The predicted molar refractivity (Wildman–Crippen MR) is 266 cm³/mol. The summed E-state index contributed by atoms with van der Waals surface area (Å²) in [6.07, 6.45) is 40.0. The zero-order chi connectivity index (χ0) is 47.1. The molecule has 0 aromatic heterocycles. The molecule has 0 saturated carbocycles. The van der Waals surface area contributed by atoms with Crippen LogP contribution < -0.4 is 0 Å². The molecule has 2 unspecified atom stereocenters. The minimum absolute atomic E-state index is 0.00998. The molecule has 0 aromatic carbocycles. The van der Waals surface area contributed by atoms with Crippen LogP contribution in [-0.2, 0) is 38.1 Å². The van der Waals surface area contributed by atoms with Gasteiger partial charge in [-0.1, -0.05) is 207 Å². The fraction of sp³-hybridized carbons (Fsp3) is 0.927. The molecular formula is C55H105NO8. The van der Waals surface area contributed by atoms with Gasteiger partial charge in [0, 0.05) is 19.4 Å². The minimum Gasteiger partial charge on any atom is -0.465 e. The highest BCUT2D eigenvalue weighted by Crippen LogP contribution is 2.23. The fourth-order valence-electron chi connectivity index (χ4n) is 8.51. The van der Waals surface area contributed by atoms with Gasteiger partial charge in [-0.15, -0.1) is 0 Å². The second-order valence-corrected chi connectivity index (χ2v) is 19.3. The molecule has 0 aliphatic heterocycles. The highest BCUT2D eigenvalue weighted by Gasteiger charge is 2.21. The first kappa shape index (κ1) is 61.8. The van der Waals surface area contributed by atoms with Crippen LogP contribution in [0.25, 0.3) is 0 Å². The van der Waals surface area contributed by atoms with Crippen molar-refractivity contribution in [2.45, 2.75) is 278 Å². The summed E-state index contributed by atoms with van der Waals surface area (Å²) in [6, 6.07) is 0. The number of carbonyl (C=O) groups is 4. The molecule has 0 amide bonds. The van der Waals surface area contributed by atoms with Crippen molar-refractivity contribution in [3.63, 3.8) is 0 Å². The summed E-state index contributed by atoms with van der Waals surface area (Å²) in [6.45, 7) is 10.5. The zero-order valence-electron chi connectivity index (χ0n) is 43.1. The lowest BCUT2D eigenvalue weighted by Gasteiger charge is -2.21. The number of nitrogens with zero attached hydrogens (tertiary/aromatic N) is 1. The summed E-state index contributed by atoms with van der Waals surface area (Å²) in [4.78, 5) is 52.9. The number of unbranched alkanes of at least 4 members (excludes halogenated alkanes) is 26. The maximum atomic E-state index is 12.9. The molecule has 9 nitrogen and oxygen atoms in total. The Bertz CT molecular complexity index is 1070. The highest BCUT2D eigenvalue weighted by atomic mass is 16.6. The van der Waals surface area contributed by atoms with E-state index >= 15 is 0 Å². The van der Waals surface area contributed by atoms with E-state index in [2.05, 4.69) is 27.7 Å². The van der Waals surface area contributed by atoms with Gasteiger partial charge in [0.2, 0.25) is 0 Å². The van der Waals surface area contributed by atoms with Gasteiger partial charge in [0.1, 0.15) is 12.7 Å². The Morgan fingerprint density at radius 2 is 0.688 bits per heavy atom. The Morgan fingerprint density at radius 3 is 1.06 bits per heavy atom. The molecule has 0 radical (unpaired) electrons. The standard InChI is InChI=1S/C55H105NO8/c1-7-11-15-19-25-33-41-49(39-31-17-13-9-3)54(59)61-45-37-29-23-21-27-35-43-52(57)63-48-51(47-56(5)6)64-53(58)44-36-28-22-24-30-38-46-62-55(60)50(40-32-18-14-10-4)42-34-26-20-16-12-8-2/h49-51H,7-48H2,1-6H3/t49?,50-,51?/m0/s1. The molecule has 0 aliphatic rings. The Hall–Kier alpha value is -2.16. The van der Waals surface area contributed by atoms with Gasteiger partial charge in [-0.05, 0) is 65.5 Å². The summed E-state index contributed by atoms with van der Waals surface area (Å²) in [5, 5.41) is 0. The maximum absolute atomic E-state index is 12.9. The van der Waals surface area contributed by atoms with Crippen molar-refractivity contribution in [2.75, 3.05) is 40.5 Å². The molecule has 0 rings (SSSR count). The van der Waals surface area contributed by atoms with E-state index in [0.29, 0.717) is 32.6 Å². The molecule has 3 atom stereocenters. The summed E-state index contributed by atoms with van der Waals surface area (Å²) in [7, 11) is 3.83. The predicted octanol–water partition coefficient (Wildman–Crippen LogP) is 15.2. The van der Waals surface area contributed by atoms with Crippen LogP contribution in [0.3, 0.4) is 0 Å². The van der Waals surface area contributed by atoms with Crippen LogP contribution in [0.1, 0.15) is 272 Å². The Morgan fingerprint density at radius 1 is 0.375 bits per heavy atom. The van der Waals surface area contributed by atoms with E-state index in [1.165, 1.54) is 103 Å². The normalized spacial score (nSPS) is 12.9. The summed E-state index contributed by atoms with van der Waals surface area (Å²) < 4.78 is 22.8. The summed E-state index contributed by atoms with van der Waals surface area (Å²) in [5.41, 5.74) is 0. The average molecular weight is 908 g/mol. The van der Waals surface area contributed by atoms with Crippen LogP contribution in [-0.4, -0.2) is 75.3 Å². The molecule has 0 N–H and O–H groups in total. The smallest absolute Gasteiger partial charge is 0.308 e. The summed E-state index contributed by atoms with van der Waals surface area (Å²) >= 11 is 0. The maximum Gasteiger partial charge on any atom is 0.308 e. The third-order valence-corrected chi connectivity index (χ3v) is 12.6. The third kappa shape index (κ3) is 41.3. The quantitative estimate of drug-likeness (QED) is 0.0335. The largest absolute Gasteiger partial charge is 0.465 e. The van der Waals surface area contributed by atoms with Gasteiger partial charge in [-0.3, -0.25) is 19.2 Å². The van der Waals surface area contributed by atoms with Crippen LogP contribution >= 0.6 is 0 Å². The van der Waals surface area contributed by atoms with E-state index in [-0.39, 0.29) is 42.3 Å². The minimum atomic E-state index is -0.489. The Kier molecular flexibility index (Phi) is 45.7. The van der Waals surface area contributed by atoms with Gasteiger partial charge in [0.25, 0.3) is 0 Å². The molecule has 0 aliphatic carbocycles. The van der Waals surface area contributed by atoms with Crippen molar-refractivity contribution >= 4 is 23.9 Å². The topological polar surface area (TPSA) is 108 Å². The van der Waals surface area contributed by atoms with Crippen LogP contribution in [0, 0.1) is 11.8 Å². The second kappa shape index (κ2) is 47.3. The summed E-state index contributed by atoms with van der Waals surface area (Å²) in [5.74, 6) is -0.365. The van der Waals surface area contributed by atoms with Crippen molar-refractivity contribution in [3.05, 3.63) is 0 Å². The second-order valence-electron chi connectivity index (χ2n) is 19.3. The molecule has 0 bridgehead atoms. The zero-order valence-corrected chi connectivity index (χ0v) is 43.1. The Labute approximate surface area is 395 Å². The van der Waals surface area contributed by atoms with E-state index in [0.717, 1.165) is 128 Å². The van der Waals surface area contributed by atoms with Gasteiger partial charge in [0.15, 0.2) is 0 Å². The molecule has 0 heterocycles. The molecule has 0 saturated heterocycles. The lowest BCUT2D eigenvalue weighted by molar-refractivity contribution is -0.160. The molecule has 64 heavy (non-hydrogen) atoms. The average Bonchev–Trinajstić information content (AvgIpc) is 3.27. The molecule has 378 valence electrons. The third-order valence-electron chi connectivity index (χ3n) is 12.6. The van der Waals surface area contributed by atoms with Crippen molar-refractivity contribution in [3.8, 4) is 0 Å². The number of hydrogen-bond acceptors (Lipinski definition) is 9. The highest BCUT2D eigenvalue weighted by molar-refractivity contribution is 5.73. The van der Waals surface area contributed by atoms with E-state index in [1.54, 1.807) is 0 Å². The number of ether oxygens (including phenoxy) is 4. The first-order valence-corrected chi connectivity index (χ1v) is 27.5. The van der Waals surface area contributed by atoms with Gasteiger partial charge in [-0.25, -0.2) is 0 Å². The number of rotatable bonds is 49. The number of esters is 4. The first-order valence-electron chi connectivity index (χ1n) is 27.5. The Balaban J connectivity index is 4.19. The molecule has 0 fully saturated rings. The number of carbonyl (C=O) groups excluding carboxylic acids is 4.